The number of likely N-dealkylation sites (tertiary alicyclic amines) is 1. The van der Waals surface area contributed by atoms with Crippen molar-refractivity contribution in [3.63, 3.8) is 0 Å². The van der Waals surface area contributed by atoms with Crippen molar-refractivity contribution < 1.29 is 19.0 Å². The van der Waals surface area contributed by atoms with E-state index in [0.29, 0.717) is 35.2 Å². The molecule has 0 saturated carbocycles. The molecule has 3 aliphatic heterocycles. The highest BCUT2D eigenvalue weighted by Crippen LogP contribution is 2.29. The molecule has 8 heteroatoms. The highest BCUT2D eigenvalue weighted by molar-refractivity contribution is 5.83. The van der Waals surface area contributed by atoms with Crippen LogP contribution in [0.15, 0.2) is 53.5 Å². The largest absolute Gasteiger partial charge is 0.491 e. The molecule has 0 aliphatic carbocycles. The van der Waals surface area contributed by atoms with Crippen LogP contribution in [0.1, 0.15) is 32.1 Å². The van der Waals surface area contributed by atoms with Gasteiger partial charge in [-0.2, -0.15) is 0 Å². The van der Waals surface area contributed by atoms with Crippen molar-refractivity contribution in [3.05, 3.63) is 64.8 Å². The highest BCUT2D eigenvalue weighted by Gasteiger charge is 2.31. The average molecular weight is 508 g/mol. The van der Waals surface area contributed by atoms with Gasteiger partial charge < -0.3 is 19.5 Å². The Labute approximate surface area is 216 Å². The van der Waals surface area contributed by atoms with E-state index in [1.807, 2.05) is 18.2 Å². The Bertz CT molecular complexity index is 1310. The maximum absolute atomic E-state index is 15.3. The Kier molecular flexibility index (Phi) is 6.88. The van der Waals surface area contributed by atoms with Gasteiger partial charge in [0.2, 0.25) is 0 Å². The van der Waals surface area contributed by atoms with E-state index < -0.39 is 0 Å². The standard InChI is InChI=1S/C29H34FN3O4/c30-27-17-21(3-6-28(27)32-11-8-22(18-32)31-12-9-23(34)10-13-31)33-14-7-20-16-24(4-5-26(20)29(33)35)37-19-25-2-1-15-36-25/h3-7,14,16-17,22-23,25,34H,1-2,8-13,15,18-19H2. The number of rotatable bonds is 6. The summed E-state index contributed by atoms with van der Waals surface area (Å²) in [5.74, 6) is 0.386. The van der Waals surface area contributed by atoms with E-state index in [2.05, 4.69) is 9.80 Å². The number of nitrogens with zero attached hydrogens (tertiary/aromatic N) is 3. The summed E-state index contributed by atoms with van der Waals surface area (Å²) in [6.45, 7) is 4.67. The molecule has 2 atom stereocenters. The number of anilines is 1. The third kappa shape index (κ3) is 5.10. The van der Waals surface area contributed by atoms with E-state index in [-0.39, 0.29) is 23.6 Å². The fraction of sp³-hybridized carbons (Fsp3) is 0.483. The fourth-order valence-electron chi connectivity index (χ4n) is 5.90. The molecule has 3 saturated heterocycles. The summed E-state index contributed by atoms with van der Waals surface area (Å²) in [6, 6.07) is 12.7. The second-order valence-corrected chi connectivity index (χ2v) is 10.5. The smallest absolute Gasteiger partial charge is 0.262 e. The molecule has 37 heavy (non-hydrogen) atoms. The minimum atomic E-state index is -0.322. The van der Waals surface area contributed by atoms with E-state index >= 15 is 4.39 Å². The molecule has 0 spiro atoms. The lowest BCUT2D eigenvalue weighted by molar-refractivity contribution is 0.0653. The van der Waals surface area contributed by atoms with Gasteiger partial charge in [0.1, 0.15) is 18.2 Å². The molecule has 0 amide bonds. The molecule has 1 N–H and O–H groups in total. The number of aromatic nitrogens is 1. The first-order chi connectivity index (χ1) is 18.0. The summed E-state index contributed by atoms with van der Waals surface area (Å²) >= 11 is 0. The van der Waals surface area contributed by atoms with Crippen LogP contribution in [0.5, 0.6) is 5.75 Å². The van der Waals surface area contributed by atoms with E-state index in [0.717, 1.165) is 70.3 Å². The maximum atomic E-state index is 15.3. The topological polar surface area (TPSA) is 67.2 Å². The molecule has 1 aromatic heterocycles. The summed E-state index contributed by atoms with van der Waals surface area (Å²) in [5, 5.41) is 11.1. The summed E-state index contributed by atoms with van der Waals surface area (Å²) in [7, 11) is 0. The van der Waals surface area contributed by atoms with Gasteiger partial charge in [-0.05, 0) is 73.9 Å². The van der Waals surface area contributed by atoms with Gasteiger partial charge >= 0.3 is 0 Å². The van der Waals surface area contributed by atoms with Crippen molar-refractivity contribution in [1.29, 1.82) is 0 Å². The van der Waals surface area contributed by atoms with Crippen LogP contribution in [0.25, 0.3) is 16.5 Å². The number of hydrogen-bond acceptors (Lipinski definition) is 6. The summed E-state index contributed by atoms with van der Waals surface area (Å²) in [5.41, 5.74) is 0.890. The quantitative estimate of drug-likeness (QED) is 0.549. The molecule has 4 heterocycles. The summed E-state index contributed by atoms with van der Waals surface area (Å²) in [6.07, 6.45) is 6.32. The van der Waals surface area contributed by atoms with Gasteiger partial charge in [-0.1, -0.05) is 0 Å². The van der Waals surface area contributed by atoms with Gasteiger partial charge in [-0.15, -0.1) is 0 Å². The van der Waals surface area contributed by atoms with E-state index in [4.69, 9.17) is 9.47 Å². The maximum Gasteiger partial charge on any atom is 0.262 e. The minimum absolute atomic E-state index is 0.131. The minimum Gasteiger partial charge on any atom is -0.491 e. The van der Waals surface area contributed by atoms with Crippen LogP contribution in [-0.4, -0.2) is 72.2 Å². The molecular weight excluding hydrogens is 473 g/mol. The normalized spacial score (nSPS) is 23.2. The zero-order valence-electron chi connectivity index (χ0n) is 21.0. The average Bonchev–Trinajstić information content (AvgIpc) is 3.61. The molecule has 3 aromatic rings. The number of hydrogen-bond donors (Lipinski definition) is 1. The summed E-state index contributed by atoms with van der Waals surface area (Å²) < 4.78 is 28.3. The van der Waals surface area contributed by atoms with E-state index in [1.165, 1.54) is 10.6 Å². The van der Waals surface area contributed by atoms with Gasteiger partial charge in [-0.3, -0.25) is 14.3 Å². The van der Waals surface area contributed by atoms with Crippen molar-refractivity contribution in [2.24, 2.45) is 0 Å². The molecule has 6 rings (SSSR count). The molecule has 0 radical (unpaired) electrons. The van der Waals surface area contributed by atoms with Gasteiger partial charge in [0.15, 0.2) is 0 Å². The Balaban J connectivity index is 1.17. The number of aliphatic hydroxyl groups is 1. The third-order valence-corrected chi connectivity index (χ3v) is 8.06. The number of benzene rings is 2. The van der Waals surface area contributed by atoms with Gasteiger partial charge in [0.05, 0.1) is 23.6 Å². The second-order valence-electron chi connectivity index (χ2n) is 10.5. The molecular formula is C29H34FN3O4. The van der Waals surface area contributed by atoms with Crippen LogP contribution in [0.3, 0.4) is 0 Å². The lowest BCUT2D eigenvalue weighted by atomic mass is 10.1. The first-order valence-corrected chi connectivity index (χ1v) is 13.4. The lowest BCUT2D eigenvalue weighted by Crippen LogP contribution is -2.44. The predicted molar refractivity (Wildman–Crippen MR) is 141 cm³/mol. The number of piperidine rings is 1. The molecule has 3 fully saturated rings. The predicted octanol–water partition coefficient (Wildman–Crippen LogP) is 3.72. The van der Waals surface area contributed by atoms with Crippen LogP contribution in [-0.2, 0) is 4.74 Å². The fourth-order valence-corrected chi connectivity index (χ4v) is 5.90. The van der Waals surface area contributed by atoms with Crippen molar-refractivity contribution in [3.8, 4) is 11.4 Å². The van der Waals surface area contributed by atoms with Crippen LogP contribution in [0, 0.1) is 5.82 Å². The summed E-state index contributed by atoms with van der Waals surface area (Å²) in [4.78, 5) is 17.8. The SMILES string of the molecule is O=c1c2ccc(OCC3CCCO3)cc2ccn1-c1ccc(N2CCC(N3CCC(O)CC3)C2)c(F)c1. The van der Waals surface area contributed by atoms with Gasteiger partial charge in [0, 0.05) is 56.5 Å². The van der Waals surface area contributed by atoms with Crippen molar-refractivity contribution >= 4 is 16.5 Å². The van der Waals surface area contributed by atoms with Crippen LogP contribution in [0.4, 0.5) is 10.1 Å². The Morgan fingerprint density at radius 2 is 1.89 bits per heavy atom. The van der Waals surface area contributed by atoms with Crippen molar-refractivity contribution in [2.75, 3.05) is 44.3 Å². The Morgan fingerprint density at radius 3 is 2.68 bits per heavy atom. The van der Waals surface area contributed by atoms with Gasteiger partial charge in [0.25, 0.3) is 5.56 Å². The molecule has 0 bridgehead atoms. The number of aliphatic hydroxyl groups excluding tert-OH is 1. The van der Waals surface area contributed by atoms with Crippen molar-refractivity contribution in [2.45, 2.75) is 50.4 Å². The number of pyridine rings is 1. The second kappa shape index (κ2) is 10.4. The molecule has 7 nitrogen and oxygen atoms in total. The van der Waals surface area contributed by atoms with Crippen LogP contribution < -0.4 is 15.2 Å². The molecule has 2 unspecified atom stereocenters. The van der Waals surface area contributed by atoms with Crippen molar-refractivity contribution in [1.82, 2.24) is 9.47 Å². The zero-order valence-corrected chi connectivity index (χ0v) is 21.0. The first-order valence-electron chi connectivity index (χ1n) is 13.4. The van der Waals surface area contributed by atoms with E-state index in [9.17, 15) is 9.90 Å². The number of fused-ring (bicyclic) bond motifs is 1. The highest BCUT2D eigenvalue weighted by atomic mass is 19.1. The monoisotopic (exact) mass is 507 g/mol. The molecule has 3 aliphatic rings. The zero-order chi connectivity index (χ0) is 25.4. The Morgan fingerprint density at radius 1 is 1.03 bits per heavy atom. The van der Waals surface area contributed by atoms with Crippen LogP contribution >= 0.6 is 0 Å². The van der Waals surface area contributed by atoms with Crippen LogP contribution in [0.2, 0.25) is 0 Å². The lowest BCUT2D eigenvalue weighted by Gasteiger charge is -2.34. The molecule has 2 aromatic carbocycles. The first kappa shape index (κ1) is 24.4. The van der Waals surface area contributed by atoms with E-state index in [1.54, 1.807) is 24.4 Å². The number of halogens is 1. The molecule has 196 valence electrons. The third-order valence-electron chi connectivity index (χ3n) is 8.06. The van der Waals surface area contributed by atoms with Gasteiger partial charge in [-0.25, -0.2) is 4.39 Å². The number of ether oxygens (including phenoxy) is 2. The Hall–Kier alpha value is -2.94.